The Labute approximate surface area is 178 Å². The molecule has 0 aliphatic rings. The molecule has 0 unspecified atom stereocenters. The molecule has 0 aliphatic heterocycles. The van der Waals surface area contributed by atoms with Crippen LogP contribution in [0.3, 0.4) is 0 Å². The van der Waals surface area contributed by atoms with Gasteiger partial charge in [0.2, 0.25) is 0 Å². The maximum atomic E-state index is 12.2. The summed E-state index contributed by atoms with van der Waals surface area (Å²) in [6.45, 7) is 6.08. The van der Waals surface area contributed by atoms with Gasteiger partial charge in [-0.3, -0.25) is 4.40 Å². The van der Waals surface area contributed by atoms with Crippen LogP contribution in [-0.2, 0) is 11.2 Å². The van der Waals surface area contributed by atoms with E-state index < -0.39 is 5.97 Å². The van der Waals surface area contributed by atoms with E-state index in [0.717, 1.165) is 39.9 Å². The van der Waals surface area contributed by atoms with Crippen LogP contribution in [0.5, 0.6) is 0 Å². The Morgan fingerprint density at radius 2 is 2.10 bits per heavy atom. The number of carbonyl (C=O) groups is 1. The number of nitrogens with zero attached hydrogens (tertiary/aromatic N) is 5. The molecule has 3 heterocycles. The standard InChI is InChI=1S/C21H21ClN6O2/c1-5-17-26-18-13(8-11(2)9-14(18)20-27-23-10-28(17)20)12(3)24-15-6-7-16(22)25-19(15)21(29)30-4/h6-10,12,24H,5H2,1-4H3/t12-/m1/s1. The van der Waals surface area contributed by atoms with Gasteiger partial charge in [-0.1, -0.05) is 24.6 Å². The number of halogens is 1. The van der Waals surface area contributed by atoms with E-state index in [9.17, 15) is 4.79 Å². The third-order valence-electron chi connectivity index (χ3n) is 4.99. The average Bonchev–Trinajstić information content (AvgIpc) is 3.23. The minimum absolute atomic E-state index is 0.135. The first-order valence-electron chi connectivity index (χ1n) is 9.57. The van der Waals surface area contributed by atoms with Crippen LogP contribution < -0.4 is 5.32 Å². The van der Waals surface area contributed by atoms with E-state index in [4.69, 9.17) is 21.3 Å². The summed E-state index contributed by atoms with van der Waals surface area (Å²) in [6.07, 6.45) is 2.43. The average molecular weight is 425 g/mol. The monoisotopic (exact) mass is 424 g/mol. The number of ether oxygens (including phenoxy) is 1. The van der Waals surface area contributed by atoms with Gasteiger partial charge in [-0.05, 0) is 37.6 Å². The number of nitrogens with one attached hydrogen (secondary N) is 1. The van der Waals surface area contributed by atoms with Crippen molar-refractivity contribution in [3.8, 4) is 0 Å². The van der Waals surface area contributed by atoms with Crippen LogP contribution in [-0.4, -0.2) is 37.6 Å². The van der Waals surface area contributed by atoms with Crippen LogP contribution in [0.15, 0.2) is 30.6 Å². The van der Waals surface area contributed by atoms with Crippen LogP contribution in [0.2, 0.25) is 5.15 Å². The van der Waals surface area contributed by atoms with Crippen LogP contribution in [0.25, 0.3) is 16.6 Å². The number of hydrogen-bond acceptors (Lipinski definition) is 7. The molecule has 0 amide bonds. The Kier molecular flexibility index (Phi) is 5.26. The zero-order valence-corrected chi connectivity index (χ0v) is 17.9. The zero-order chi connectivity index (χ0) is 21.4. The van der Waals surface area contributed by atoms with Gasteiger partial charge in [0.1, 0.15) is 17.3 Å². The fourth-order valence-corrected chi connectivity index (χ4v) is 3.73. The maximum Gasteiger partial charge on any atom is 0.358 e. The quantitative estimate of drug-likeness (QED) is 0.379. The van der Waals surface area contributed by atoms with Gasteiger partial charge in [0, 0.05) is 17.4 Å². The predicted molar refractivity (Wildman–Crippen MR) is 115 cm³/mol. The Morgan fingerprint density at radius 3 is 2.83 bits per heavy atom. The third kappa shape index (κ3) is 3.43. The van der Waals surface area contributed by atoms with Gasteiger partial charge in [-0.25, -0.2) is 14.8 Å². The first-order chi connectivity index (χ1) is 14.4. The second-order valence-electron chi connectivity index (χ2n) is 7.04. The highest BCUT2D eigenvalue weighted by molar-refractivity contribution is 6.29. The molecule has 0 fully saturated rings. The molecule has 154 valence electrons. The van der Waals surface area contributed by atoms with Crippen LogP contribution in [0, 0.1) is 6.92 Å². The van der Waals surface area contributed by atoms with Crippen molar-refractivity contribution in [2.75, 3.05) is 12.4 Å². The number of anilines is 1. The van der Waals surface area contributed by atoms with Crippen molar-refractivity contribution >= 4 is 39.8 Å². The number of benzene rings is 1. The van der Waals surface area contributed by atoms with E-state index in [1.165, 1.54) is 7.11 Å². The number of aromatic nitrogens is 5. The highest BCUT2D eigenvalue weighted by atomic mass is 35.5. The number of carbonyl (C=O) groups excluding carboxylic acids is 1. The molecule has 0 spiro atoms. The molecule has 0 saturated carbocycles. The number of methoxy groups -OCH3 is 1. The molecule has 0 saturated heterocycles. The Morgan fingerprint density at radius 1 is 1.30 bits per heavy atom. The fraction of sp³-hybridized carbons (Fsp3) is 0.286. The zero-order valence-electron chi connectivity index (χ0n) is 17.1. The van der Waals surface area contributed by atoms with Gasteiger partial charge in [0.15, 0.2) is 11.3 Å². The van der Waals surface area contributed by atoms with Gasteiger partial charge in [0.05, 0.1) is 24.4 Å². The molecule has 0 bridgehead atoms. The smallest absolute Gasteiger partial charge is 0.358 e. The number of pyridine rings is 1. The van der Waals surface area contributed by atoms with Gasteiger partial charge < -0.3 is 10.1 Å². The molecular weight excluding hydrogens is 404 g/mol. The first kappa shape index (κ1) is 20.0. The molecule has 1 N–H and O–H groups in total. The predicted octanol–water partition coefficient (Wildman–Crippen LogP) is 4.16. The van der Waals surface area contributed by atoms with Gasteiger partial charge in [-0.15, -0.1) is 10.2 Å². The second kappa shape index (κ2) is 7.87. The molecule has 0 radical (unpaired) electrons. The molecular formula is C21H21ClN6O2. The summed E-state index contributed by atoms with van der Waals surface area (Å²) in [5, 5.41) is 12.9. The van der Waals surface area contributed by atoms with Crippen molar-refractivity contribution in [1.82, 2.24) is 24.6 Å². The first-order valence-corrected chi connectivity index (χ1v) is 9.95. The Balaban J connectivity index is 1.85. The summed E-state index contributed by atoms with van der Waals surface area (Å²) >= 11 is 5.98. The lowest BCUT2D eigenvalue weighted by molar-refractivity contribution is 0.0595. The van der Waals surface area contributed by atoms with E-state index in [2.05, 4.69) is 32.6 Å². The second-order valence-corrected chi connectivity index (χ2v) is 7.43. The lowest BCUT2D eigenvalue weighted by Crippen LogP contribution is -2.14. The van der Waals surface area contributed by atoms with Gasteiger partial charge >= 0.3 is 5.97 Å². The highest BCUT2D eigenvalue weighted by Crippen LogP contribution is 2.30. The summed E-state index contributed by atoms with van der Waals surface area (Å²) in [4.78, 5) is 21.2. The Hall–Kier alpha value is -3.26. The molecule has 30 heavy (non-hydrogen) atoms. The van der Waals surface area contributed by atoms with Crippen LogP contribution in [0.1, 0.15) is 47.3 Å². The van der Waals surface area contributed by atoms with Crippen molar-refractivity contribution in [3.05, 3.63) is 58.4 Å². The van der Waals surface area contributed by atoms with Gasteiger partial charge in [0.25, 0.3) is 0 Å². The van der Waals surface area contributed by atoms with Crippen molar-refractivity contribution in [3.63, 3.8) is 0 Å². The number of hydrogen-bond donors (Lipinski definition) is 1. The molecule has 0 aliphatic carbocycles. The minimum Gasteiger partial charge on any atom is -0.464 e. The molecule has 1 aromatic carbocycles. The van der Waals surface area contributed by atoms with Crippen molar-refractivity contribution in [2.24, 2.45) is 0 Å². The van der Waals surface area contributed by atoms with E-state index in [1.54, 1.807) is 18.5 Å². The van der Waals surface area contributed by atoms with Crippen molar-refractivity contribution in [2.45, 2.75) is 33.2 Å². The summed E-state index contributed by atoms with van der Waals surface area (Å²) in [5.74, 6) is 0.320. The number of esters is 1. The molecule has 9 heteroatoms. The molecule has 1 atom stereocenters. The van der Waals surface area contributed by atoms with Crippen molar-refractivity contribution in [1.29, 1.82) is 0 Å². The molecule has 8 nitrogen and oxygen atoms in total. The van der Waals surface area contributed by atoms with Gasteiger partial charge in [-0.2, -0.15) is 0 Å². The SMILES string of the molecule is CCc1nc2c([C@@H](C)Nc3ccc(Cl)nc3C(=O)OC)cc(C)cc2c2nncn12. The Bertz CT molecular complexity index is 1270. The minimum atomic E-state index is -0.558. The molecule has 4 rings (SSSR count). The lowest BCUT2D eigenvalue weighted by atomic mass is 10.0. The van der Waals surface area contributed by atoms with E-state index in [1.807, 2.05) is 25.2 Å². The van der Waals surface area contributed by atoms with E-state index in [-0.39, 0.29) is 16.9 Å². The maximum absolute atomic E-state index is 12.2. The number of fused-ring (bicyclic) bond motifs is 3. The van der Waals surface area contributed by atoms with E-state index in [0.29, 0.717) is 5.69 Å². The molecule has 4 aromatic rings. The summed E-state index contributed by atoms with van der Waals surface area (Å²) in [5.41, 5.74) is 4.35. The third-order valence-corrected chi connectivity index (χ3v) is 5.20. The number of rotatable bonds is 5. The summed E-state index contributed by atoms with van der Waals surface area (Å²) in [7, 11) is 1.31. The van der Waals surface area contributed by atoms with Crippen LogP contribution in [0.4, 0.5) is 5.69 Å². The summed E-state index contributed by atoms with van der Waals surface area (Å²) in [6, 6.07) is 7.32. The van der Waals surface area contributed by atoms with E-state index >= 15 is 0 Å². The molecule has 3 aromatic heterocycles. The lowest BCUT2D eigenvalue weighted by Gasteiger charge is -2.20. The number of aryl methyl sites for hydroxylation is 2. The summed E-state index contributed by atoms with van der Waals surface area (Å²) < 4.78 is 6.77. The van der Waals surface area contributed by atoms with Crippen molar-refractivity contribution < 1.29 is 9.53 Å². The normalized spacial score (nSPS) is 12.3. The van der Waals surface area contributed by atoms with Crippen LogP contribution >= 0.6 is 11.6 Å². The largest absolute Gasteiger partial charge is 0.464 e. The topological polar surface area (TPSA) is 94.3 Å². The highest BCUT2D eigenvalue weighted by Gasteiger charge is 2.20. The fourth-order valence-electron chi connectivity index (χ4n) is 3.59.